The van der Waals surface area contributed by atoms with Crippen LogP contribution in [0.15, 0.2) is 52.9 Å². The standard InChI is InChI=1S/C25H29N3O5/c1-25(13-15-28(16-14-25)24(29)27(2)30)23-26-21(17-5-9-19(31-3)10-6-17)22(33-23)18-7-11-20(32-4)12-8-18/h5-12,30H,13-16H2,1-4H3. The third-order valence-electron chi connectivity index (χ3n) is 6.27. The minimum Gasteiger partial charge on any atom is -0.497 e. The number of hydroxylamine groups is 2. The van der Waals surface area contributed by atoms with Gasteiger partial charge < -0.3 is 18.8 Å². The molecule has 8 heteroatoms. The van der Waals surface area contributed by atoms with Gasteiger partial charge >= 0.3 is 6.03 Å². The van der Waals surface area contributed by atoms with Crippen molar-refractivity contribution in [3.8, 4) is 34.1 Å². The van der Waals surface area contributed by atoms with Crippen molar-refractivity contribution in [3.05, 3.63) is 54.4 Å². The minimum atomic E-state index is -0.401. The molecule has 8 nitrogen and oxygen atoms in total. The molecule has 174 valence electrons. The van der Waals surface area contributed by atoms with Gasteiger partial charge in [0.1, 0.15) is 17.2 Å². The Hall–Kier alpha value is -3.52. The van der Waals surface area contributed by atoms with Crippen LogP contribution in [-0.2, 0) is 5.41 Å². The van der Waals surface area contributed by atoms with Gasteiger partial charge in [-0.3, -0.25) is 5.21 Å². The molecule has 1 saturated heterocycles. The van der Waals surface area contributed by atoms with E-state index in [1.165, 1.54) is 7.05 Å². The number of hydrogen-bond donors (Lipinski definition) is 1. The van der Waals surface area contributed by atoms with Crippen molar-refractivity contribution < 1.29 is 23.9 Å². The fraction of sp³-hybridized carbons (Fsp3) is 0.360. The van der Waals surface area contributed by atoms with E-state index in [0.29, 0.717) is 42.6 Å². The number of piperidine rings is 1. The van der Waals surface area contributed by atoms with Crippen LogP contribution in [0.1, 0.15) is 25.7 Å². The fourth-order valence-electron chi connectivity index (χ4n) is 4.07. The number of benzene rings is 2. The molecule has 4 rings (SSSR count). The number of carbonyl (C=O) groups is 1. The lowest BCUT2D eigenvalue weighted by Gasteiger charge is -2.37. The molecular formula is C25H29N3O5. The van der Waals surface area contributed by atoms with Gasteiger partial charge in [0.25, 0.3) is 0 Å². The number of methoxy groups -OCH3 is 2. The first-order valence-electron chi connectivity index (χ1n) is 10.9. The maximum Gasteiger partial charge on any atom is 0.343 e. The molecule has 1 N–H and O–H groups in total. The molecule has 0 bridgehead atoms. The Bertz CT molecular complexity index is 1030. The van der Waals surface area contributed by atoms with Gasteiger partial charge in [-0.05, 0) is 61.4 Å². The topological polar surface area (TPSA) is 88.3 Å². The van der Waals surface area contributed by atoms with E-state index in [1.54, 1.807) is 19.1 Å². The second kappa shape index (κ2) is 9.15. The lowest BCUT2D eigenvalue weighted by molar-refractivity contribution is -0.0374. The largest absolute Gasteiger partial charge is 0.497 e. The molecule has 1 aromatic heterocycles. The van der Waals surface area contributed by atoms with Gasteiger partial charge in [-0.2, -0.15) is 0 Å². The van der Waals surface area contributed by atoms with Crippen molar-refractivity contribution in [3.63, 3.8) is 0 Å². The van der Waals surface area contributed by atoms with E-state index in [2.05, 4.69) is 6.92 Å². The van der Waals surface area contributed by atoms with Gasteiger partial charge in [-0.15, -0.1) is 0 Å². The molecule has 3 aromatic rings. The van der Waals surface area contributed by atoms with Crippen molar-refractivity contribution in [1.82, 2.24) is 14.9 Å². The van der Waals surface area contributed by atoms with Crippen molar-refractivity contribution in [2.45, 2.75) is 25.2 Å². The number of oxazole rings is 1. The summed E-state index contributed by atoms with van der Waals surface area (Å²) >= 11 is 0. The number of rotatable bonds is 5. The molecular weight excluding hydrogens is 422 g/mol. The van der Waals surface area contributed by atoms with E-state index in [4.69, 9.17) is 18.9 Å². The van der Waals surface area contributed by atoms with Crippen LogP contribution in [0, 0.1) is 0 Å². The zero-order valence-corrected chi connectivity index (χ0v) is 19.4. The van der Waals surface area contributed by atoms with Crippen molar-refractivity contribution in [2.75, 3.05) is 34.4 Å². The van der Waals surface area contributed by atoms with Gasteiger partial charge in [-0.25, -0.2) is 14.8 Å². The summed E-state index contributed by atoms with van der Waals surface area (Å²) in [6.07, 6.45) is 1.36. The normalized spacial score (nSPS) is 15.2. The van der Waals surface area contributed by atoms with E-state index < -0.39 is 6.03 Å². The third-order valence-corrected chi connectivity index (χ3v) is 6.27. The first-order valence-corrected chi connectivity index (χ1v) is 10.9. The molecule has 2 heterocycles. The minimum absolute atomic E-state index is 0.337. The summed E-state index contributed by atoms with van der Waals surface area (Å²) in [4.78, 5) is 18.7. The Kier molecular flexibility index (Phi) is 6.29. The first kappa shape index (κ1) is 22.7. The van der Waals surface area contributed by atoms with Crippen LogP contribution in [0.3, 0.4) is 0 Å². The second-order valence-electron chi connectivity index (χ2n) is 8.51. The highest BCUT2D eigenvalue weighted by Crippen LogP contribution is 2.41. The smallest absolute Gasteiger partial charge is 0.343 e. The quantitative estimate of drug-likeness (QED) is 0.442. The zero-order chi connectivity index (χ0) is 23.6. The summed E-state index contributed by atoms with van der Waals surface area (Å²) in [5.41, 5.74) is 2.25. The van der Waals surface area contributed by atoms with E-state index in [0.717, 1.165) is 28.3 Å². The van der Waals surface area contributed by atoms with Crippen LogP contribution in [0.25, 0.3) is 22.6 Å². The maximum atomic E-state index is 12.1. The predicted molar refractivity (Wildman–Crippen MR) is 124 cm³/mol. The zero-order valence-electron chi connectivity index (χ0n) is 19.4. The lowest BCUT2D eigenvalue weighted by Crippen LogP contribution is -2.47. The Balaban J connectivity index is 1.70. The predicted octanol–water partition coefficient (Wildman–Crippen LogP) is 4.82. The molecule has 1 fully saturated rings. The summed E-state index contributed by atoms with van der Waals surface area (Å²) in [6, 6.07) is 15.0. The van der Waals surface area contributed by atoms with Gasteiger partial charge in [0.15, 0.2) is 5.76 Å². The van der Waals surface area contributed by atoms with E-state index in [1.807, 2.05) is 48.5 Å². The molecule has 0 radical (unpaired) electrons. The average Bonchev–Trinajstić information content (AvgIpc) is 3.30. The van der Waals surface area contributed by atoms with Crippen LogP contribution in [0.4, 0.5) is 4.79 Å². The van der Waals surface area contributed by atoms with E-state index >= 15 is 0 Å². The number of hydrogen-bond acceptors (Lipinski definition) is 6. The molecule has 0 aliphatic carbocycles. The molecule has 1 aliphatic heterocycles. The Morgan fingerprint density at radius 3 is 2.00 bits per heavy atom. The number of ether oxygens (including phenoxy) is 2. The van der Waals surface area contributed by atoms with Gasteiger partial charge in [0.2, 0.25) is 5.89 Å². The number of aromatic nitrogens is 1. The molecule has 0 atom stereocenters. The number of likely N-dealkylation sites (tertiary alicyclic amines) is 1. The SMILES string of the molecule is COc1ccc(-c2nc(C3(C)CCN(C(=O)N(C)O)CC3)oc2-c2ccc(OC)cc2)cc1. The van der Waals surface area contributed by atoms with Gasteiger partial charge in [0, 0.05) is 36.7 Å². The maximum absolute atomic E-state index is 12.1. The van der Waals surface area contributed by atoms with Crippen LogP contribution < -0.4 is 9.47 Å². The summed E-state index contributed by atoms with van der Waals surface area (Å²) in [5.74, 6) is 2.87. The van der Waals surface area contributed by atoms with Crippen LogP contribution in [0.5, 0.6) is 11.5 Å². The van der Waals surface area contributed by atoms with Crippen molar-refractivity contribution in [2.24, 2.45) is 0 Å². The lowest BCUT2D eigenvalue weighted by atomic mass is 9.80. The van der Waals surface area contributed by atoms with Crippen LogP contribution in [0.2, 0.25) is 0 Å². The summed E-state index contributed by atoms with van der Waals surface area (Å²) < 4.78 is 17.0. The molecule has 0 saturated carbocycles. The highest BCUT2D eigenvalue weighted by atomic mass is 16.5. The number of carbonyl (C=O) groups excluding carboxylic acids is 1. The summed E-state index contributed by atoms with van der Waals surface area (Å²) in [6.45, 7) is 3.13. The second-order valence-corrected chi connectivity index (χ2v) is 8.51. The van der Waals surface area contributed by atoms with Crippen LogP contribution in [-0.4, -0.2) is 60.5 Å². The fourth-order valence-corrected chi connectivity index (χ4v) is 4.07. The Labute approximate surface area is 193 Å². The number of nitrogens with zero attached hydrogens (tertiary/aromatic N) is 3. The molecule has 33 heavy (non-hydrogen) atoms. The average molecular weight is 452 g/mol. The number of amides is 2. The highest BCUT2D eigenvalue weighted by Gasteiger charge is 2.39. The van der Waals surface area contributed by atoms with Gasteiger partial charge in [0.05, 0.1) is 14.2 Å². The molecule has 1 aliphatic rings. The van der Waals surface area contributed by atoms with Gasteiger partial charge in [-0.1, -0.05) is 6.92 Å². The highest BCUT2D eigenvalue weighted by molar-refractivity contribution is 5.77. The van der Waals surface area contributed by atoms with Crippen molar-refractivity contribution in [1.29, 1.82) is 0 Å². The van der Waals surface area contributed by atoms with Crippen molar-refractivity contribution >= 4 is 6.03 Å². The molecule has 0 unspecified atom stereocenters. The van der Waals surface area contributed by atoms with E-state index in [9.17, 15) is 10.0 Å². The molecule has 0 spiro atoms. The summed E-state index contributed by atoms with van der Waals surface area (Å²) in [5, 5.41) is 10.1. The monoisotopic (exact) mass is 451 g/mol. The Morgan fingerprint density at radius 1 is 1.00 bits per heavy atom. The third kappa shape index (κ3) is 4.52. The first-order chi connectivity index (χ1) is 15.8. The number of urea groups is 1. The summed E-state index contributed by atoms with van der Waals surface area (Å²) in [7, 11) is 4.61. The molecule has 2 aromatic carbocycles. The van der Waals surface area contributed by atoms with Crippen LogP contribution >= 0.6 is 0 Å². The van der Waals surface area contributed by atoms with E-state index in [-0.39, 0.29) is 5.41 Å². The Morgan fingerprint density at radius 2 is 1.52 bits per heavy atom. The molecule has 2 amide bonds.